The molecule has 0 radical (unpaired) electrons. The van der Waals surface area contributed by atoms with Crippen molar-refractivity contribution >= 4 is 31.9 Å². The Labute approximate surface area is 142 Å². The van der Waals surface area contributed by atoms with E-state index in [2.05, 4.69) is 67.4 Å². The van der Waals surface area contributed by atoms with Crippen LogP contribution in [0.2, 0.25) is 0 Å². The SMILES string of the molecule is CNC(c1cc(Br)ccc1C)c1c(Br)cnn1CCOC. The average molecular weight is 417 g/mol. The Morgan fingerprint density at radius 3 is 2.81 bits per heavy atom. The summed E-state index contributed by atoms with van der Waals surface area (Å²) in [6.07, 6.45) is 1.84. The molecule has 2 rings (SSSR count). The number of nitrogens with zero attached hydrogens (tertiary/aromatic N) is 2. The summed E-state index contributed by atoms with van der Waals surface area (Å²) in [6, 6.07) is 6.39. The van der Waals surface area contributed by atoms with Crippen LogP contribution in [0.3, 0.4) is 0 Å². The van der Waals surface area contributed by atoms with Crippen LogP contribution in [0.25, 0.3) is 0 Å². The van der Waals surface area contributed by atoms with E-state index in [1.54, 1.807) is 7.11 Å². The van der Waals surface area contributed by atoms with Crippen LogP contribution < -0.4 is 5.32 Å². The molecule has 0 saturated carbocycles. The maximum Gasteiger partial charge on any atom is 0.0760 e. The standard InChI is InChI=1S/C15H19Br2N3O/c1-10-4-5-11(16)8-12(10)14(18-2)15-13(17)9-19-20(15)6-7-21-3/h4-5,8-9,14,18H,6-7H2,1-3H3. The number of methoxy groups -OCH3 is 1. The largest absolute Gasteiger partial charge is 0.383 e. The Kier molecular flexibility index (Phi) is 5.98. The summed E-state index contributed by atoms with van der Waals surface area (Å²) in [5, 5.41) is 7.83. The molecule has 0 aliphatic carbocycles. The fourth-order valence-electron chi connectivity index (χ4n) is 2.38. The molecule has 1 N–H and O–H groups in total. The molecule has 114 valence electrons. The molecule has 0 spiro atoms. The minimum atomic E-state index is 0.0660. The third-order valence-electron chi connectivity index (χ3n) is 3.45. The van der Waals surface area contributed by atoms with Crippen molar-refractivity contribution in [3.63, 3.8) is 0 Å². The van der Waals surface area contributed by atoms with Crippen LogP contribution in [-0.4, -0.2) is 30.5 Å². The van der Waals surface area contributed by atoms with Gasteiger partial charge in [0.1, 0.15) is 0 Å². The molecule has 1 heterocycles. The van der Waals surface area contributed by atoms with Gasteiger partial charge in [0.05, 0.1) is 35.6 Å². The zero-order chi connectivity index (χ0) is 15.4. The maximum atomic E-state index is 5.17. The van der Waals surface area contributed by atoms with Gasteiger partial charge in [-0.3, -0.25) is 4.68 Å². The second-order valence-corrected chi connectivity index (χ2v) is 6.59. The first-order valence-electron chi connectivity index (χ1n) is 6.72. The van der Waals surface area contributed by atoms with Crippen molar-refractivity contribution in [2.75, 3.05) is 20.8 Å². The van der Waals surface area contributed by atoms with Gasteiger partial charge in [-0.25, -0.2) is 0 Å². The molecule has 2 aromatic rings. The Hall–Kier alpha value is -0.690. The highest BCUT2D eigenvalue weighted by Crippen LogP contribution is 2.31. The van der Waals surface area contributed by atoms with E-state index in [-0.39, 0.29) is 6.04 Å². The lowest BCUT2D eigenvalue weighted by molar-refractivity contribution is 0.182. The smallest absolute Gasteiger partial charge is 0.0760 e. The first kappa shape index (κ1) is 16.7. The fourth-order valence-corrected chi connectivity index (χ4v) is 3.28. The predicted molar refractivity (Wildman–Crippen MR) is 91.6 cm³/mol. The number of nitrogens with one attached hydrogen (secondary N) is 1. The predicted octanol–water partition coefficient (Wildman–Crippen LogP) is 3.67. The second kappa shape index (κ2) is 7.54. The highest BCUT2D eigenvalue weighted by molar-refractivity contribution is 9.10. The average Bonchev–Trinajstić information content (AvgIpc) is 2.83. The summed E-state index contributed by atoms with van der Waals surface area (Å²) < 4.78 is 9.22. The molecule has 0 fully saturated rings. The lowest BCUT2D eigenvalue weighted by atomic mass is 9.99. The summed E-state index contributed by atoms with van der Waals surface area (Å²) in [5.41, 5.74) is 3.58. The number of halogens is 2. The molecule has 1 atom stereocenters. The molecule has 6 heteroatoms. The molecule has 0 saturated heterocycles. The number of ether oxygens (including phenoxy) is 1. The number of hydrogen-bond acceptors (Lipinski definition) is 3. The third-order valence-corrected chi connectivity index (χ3v) is 4.56. The van der Waals surface area contributed by atoms with Crippen molar-refractivity contribution in [2.45, 2.75) is 19.5 Å². The lowest BCUT2D eigenvalue weighted by Crippen LogP contribution is -2.23. The van der Waals surface area contributed by atoms with Gasteiger partial charge in [-0.05, 0) is 53.2 Å². The van der Waals surface area contributed by atoms with Crippen LogP contribution >= 0.6 is 31.9 Å². The monoisotopic (exact) mass is 415 g/mol. The zero-order valence-corrected chi connectivity index (χ0v) is 15.5. The lowest BCUT2D eigenvalue weighted by Gasteiger charge is -2.21. The van der Waals surface area contributed by atoms with Gasteiger partial charge in [-0.15, -0.1) is 0 Å². The zero-order valence-electron chi connectivity index (χ0n) is 12.4. The molecule has 0 amide bonds. The van der Waals surface area contributed by atoms with Crippen molar-refractivity contribution in [2.24, 2.45) is 0 Å². The Balaban J connectivity index is 2.46. The number of aromatic nitrogens is 2. The van der Waals surface area contributed by atoms with Gasteiger partial charge in [0.15, 0.2) is 0 Å². The Morgan fingerprint density at radius 2 is 2.14 bits per heavy atom. The summed E-state index contributed by atoms with van der Waals surface area (Å²) in [6.45, 7) is 3.48. The highest BCUT2D eigenvalue weighted by Gasteiger charge is 2.22. The Bertz CT molecular complexity index is 613. The van der Waals surface area contributed by atoms with Crippen LogP contribution in [0.1, 0.15) is 22.9 Å². The van der Waals surface area contributed by atoms with Gasteiger partial charge >= 0.3 is 0 Å². The molecule has 1 aromatic carbocycles. The van der Waals surface area contributed by atoms with E-state index in [0.29, 0.717) is 6.61 Å². The van der Waals surface area contributed by atoms with E-state index in [1.807, 2.05) is 17.9 Å². The summed E-state index contributed by atoms with van der Waals surface area (Å²) >= 11 is 7.17. The van der Waals surface area contributed by atoms with Gasteiger partial charge in [-0.2, -0.15) is 5.10 Å². The van der Waals surface area contributed by atoms with E-state index >= 15 is 0 Å². The first-order valence-corrected chi connectivity index (χ1v) is 8.30. The third kappa shape index (κ3) is 3.74. The topological polar surface area (TPSA) is 39.1 Å². The van der Waals surface area contributed by atoms with Crippen LogP contribution in [0, 0.1) is 6.92 Å². The van der Waals surface area contributed by atoms with Gasteiger partial charge in [0.25, 0.3) is 0 Å². The first-order chi connectivity index (χ1) is 10.1. The quantitative estimate of drug-likeness (QED) is 0.780. The summed E-state index contributed by atoms with van der Waals surface area (Å²) in [5.74, 6) is 0. The molecule has 0 aliphatic heterocycles. The molecule has 1 aromatic heterocycles. The highest BCUT2D eigenvalue weighted by atomic mass is 79.9. The minimum Gasteiger partial charge on any atom is -0.383 e. The molecular weight excluding hydrogens is 398 g/mol. The molecular formula is C15H19Br2N3O. The number of hydrogen-bond donors (Lipinski definition) is 1. The number of aryl methyl sites for hydroxylation is 1. The second-order valence-electron chi connectivity index (χ2n) is 4.82. The van der Waals surface area contributed by atoms with E-state index in [1.165, 1.54) is 11.1 Å². The van der Waals surface area contributed by atoms with Crippen molar-refractivity contribution in [1.82, 2.24) is 15.1 Å². The Morgan fingerprint density at radius 1 is 1.38 bits per heavy atom. The van der Waals surface area contributed by atoms with E-state index in [0.717, 1.165) is 21.2 Å². The van der Waals surface area contributed by atoms with Crippen LogP contribution in [0.15, 0.2) is 33.3 Å². The fraction of sp³-hybridized carbons (Fsp3) is 0.400. The number of benzene rings is 1. The van der Waals surface area contributed by atoms with Crippen LogP contribution in [0.5, 0.6) is 0 Å². The van der Waals surface area contributed by atoms with Crippen molar-refractivity contribution < 1.29 is 4.74 Å². The normalized spacial score (nSPS) is 12.6. The maximum absolute atomic E-state index is 5.17. The molecule has 0 bridgehead atoms. The van der Waals surface area contributed by atoms with Gasteiger partial charge in [-0.1, -0.05) is 22.0 Å². The molecule has 4 nitrogen and oxygen atoms in total. The van der Waals surface area contributed by atoms with Gasteiger partial charge < -0.3 is 10.1 Å². The van der Waals surface area contributed by atoms with Crippen molar-refractivity contribution in [3.05, 3.63) is 50.2 Å². The summed E-state index contributed by atoms with van der Waals surface area (Å²) in [7, 11) is 3.66. The van der Waals surface area contributed by atoms with Crippen LogP contribution in [0.4, 0.5) is 0 Å². The van der Waals surface area contributed by atoms with E-state index in [9.17, 15) is 0 Å². The minimum absolute atomic E-state index is 0.0660. The molecule has 0 aliphatic rings. The van der Waals surface area contributed by atoms with Crippen molar-refractivity contribution in [1.29, 1.82) is 0 Å². The van der Waals surface area contributed by atoms with Crippen molar-refractivity contribution in [3.8, 4) is 0 Å². The number of rotatable bonds is 6. The van der Waals surface area contributed by atoms with E-state index < -0.39 is 0 Å². The molecule has 21 heavy (non-hydrogen) atoms. The van der Waals surface area contributed by atoms with Crippen LogP contribution in [-0.2, 0) is 11.3 Å². The molecule has 1 unspecified atom stereocenters. The summed E-state index contributed by atoms with van der Waals surface area (Å²) in [4.78, 5) is 0. The van der Waals surface area contributed by atoms with E-state index in [4.69, 9.17) is 4.74 Å². The van der Waals surface area contributed by atoms with Gasteiger partial charge in [0, 0.05) is 11.6 Å². The van der Waals surface area contributed by atoms with Gasteiger partial charge in [0.2, 0.25) is 0 Å².